The highest BCUT2D eigenvalue weighted by Gasteiger charge is 2.26. The maximum Gasteiger partial charge on any atom is 0.134 e. The van der Waals surface area contributed by atoms with E-state index < -0.39 is 0 Å². The lowest BCUT2D eigenvalue weighted by Gasteiger charge is -2.36. The maximum atomic E-state index is 13.2. The molecular formula is C15H18FNO3. The molecule has 0 bridgehead atoms. The summed E-state index contributed by atoms with van der Waals surface area (Å²) >= 11 is 0. The number of furan rings is 1. The smallest absolute Gasteiger partial charge is 0.134 e. The predicted molar refractivity (Wildman–Crippen MR) is 72.9 cm³/mol. The minimum Gasteiger partial charge on any atom is -0.460 e. The molecule has 5 heteroatoms. The highest BCUT2D eigenvalue weighted by Crippen LogP contribution is 2.23. The van der Waals surface area contributed by atoms with Crippen LogP contribution in [-0.2, 0) is 11.3 Å². The van der Waals surface area contributed by atoms with Gasteiger partial charge in [0.25, 0.3) is 0 Å². The Balaban J connectivity index is 1.77. The molecule has 1 saturated heterocycles. The van der Waals surface area contributed by atoms with Crippen LogP contribution in [0.1, 0.15) is 12.7 Å². The molecule has 20 heavy (non-hydrogen) atoms. The summed E-state index contributed by atoms with van der Waals surface area (Å²) in [5.41, 5.74) is 0.695. The molecule has 2 aromatic rings. The van der Waals surface area contributed by atoms with E-state index in [2.05, 4.69) is 11.8 Å². The molecule has 108 valence electrons. The topological polar surface area (TPSA) is 45.8 Å². The number of halogens is 1. The van der Waals surface area contributed by atoms with Crippen molar-refractivity contribution < 1.29 is 18.7 Å². The number of hydrogen-bond acceptors (Lipinski definition) is 4. The van der Waals surface area contributed by atoms with Gasteiger partial charge in [-0.3, -0.25) is 4.90 Å². The average molecular weight is 279 g/mol. The molecule has 1 aliphatic heterocycles. The van der Waals surface area contributed by atoms with Gasteiger partial charge in [0, 0.05) is 18.0 Å². The first-order valence-electron chi connectivity index (χ1n) is 6.80. The molecule has 3 rings (SSSR count). The van der Waals surface area contributed by atoms with Crippen molar-refractivity contribution in [2.45, 2.75) is 25.6 Å². The SMILES string of the molecule is CC1COC(CO)CN1Cc1cc2cc(F)ccc2o1. The quantitative estimate of drug-likeness (QED) is 0.935. The van der Waals surface area contributed by atoms with Crippen LogP contribution in [-0.4, -0.2) is 41.9 Å². The Hall–Kier alpha value is -1.43. The summed E-state index contributed by atoms with van der Waals surface area (Å²) in [6.45, 7) is 4.00. The van der Waals surface area contributed by atoms with Crippen molar-refractivity contribution in [3.8, 4) is 0 Å². The molecule has 4 nitrogen and oxygen atoms in total. The van der Waals surface area contributed by atoms with Crippen LogP contribution in [0.3, 0.4) is 0 Å². The van der Waals surface area contributed by atoms with Gasteiger partial charge in [-0.05, 0) is 31.2 Å². The van der Waals surface area contributed by atoms with E-state index in [1.165, 1.54) is 12.1 Å². The van der Waals surface area contributed by atoms with Gasteiger partial charge in [0.05, 0.1) is 25.9 Å². The van der Waals surface area contributed by atoms with Crippen LogP contribution in [0, 0.1) is 5.82 Å². The van der Waals surface area contributed by atoms with Gasteiger partial charge in [0.2, 0.25) is 0 Å². The zero-order valence-electron chi connectivity index (χ0n) is 11.4. The normalized spacial score (nSPS) is 24.4. The second-order valence-electron chi connectivity index (χ2n) is 5.31. The third-order valence-corrected chi connectivity index (χ3v) is 3.73. The van der Waals surface area contributed by atoms with Gasteiger partial charge in [-0.2, -0.15) is 0 Å². The first-order chi connectivity index (χ1) is 9.65. The van der Waals surface area contributed by atoms with Crippen molar-refractivity contribution in [1.82, 2.24) is 4.90 Å². The zero-order valence-corrected chi connectivity index (χ0v) is 11.4. The van der Waals surface area contributed by atoms with Crippen molar-refractivity contribution in [3.63, 3.8) is 0 Å². The standard InChI is InChI=1S/C15H18FNO3/c1-10-9-19-14(8-18)7-17(10)6-13-5-11-4-12(16)2-3-15(11)20-13/h2-5,10,14,18H,6-9H2,1H3. The number of nitrogens with zero attached hydrogens (tertiary/aromatic N) is 1. The third kappa shape index (κ3) is 2.70. The molecule has 0 amide bonds. The maximum absolute atomic E-state index is 13.2. The van der Waals surface area contributed by atoms with Gasteiger partial charge >= 0.3 is 0 Å². The fraction of sp³-hybridized carbons (Fsp3) is 0.467. The summed E-state index contributed by atoms with van der Waals surface area (Å²) in [5, 5.41) is 9.97. The Morgan fingerprint density at radius 2 is 2.25 bits per heavy atom. The fourth-order valence-corrected chi connectivity index (χ4v) is 2.55. The number of hydrogen-bond donors (Lipinski definition) is 1. The first-order valence-corrected chi connectivity index (χ1v) is 6.80. The predicted octanol–water partition coefficient (Wildman–Crippen LogP) is 2.15. The summed E-state index contributed by atoms with van der Waals surface area (Å²) < 4.78 is 24.4. The van der Waals surface area contributed by atoms with E-state index in [-0.39, 0.29) is 24.6 Å². The molecule has 2 unspecified atom stereocenters. The van der Waals surface area contributed by atoms with Crippen molar-refractivity contribution in [2.24, 2.45) is 0 Å². The van der Waals surface area contributed by atoms with Crippen LogP contribution >= 0.6 is 0 Å². The molecule has 1 aliphatic rings. The van der Waals surface area contributed by atoms with E-state index in [0.29, 0.717) is 25.3 Å². The number of ether oxygens (including phenoxy) is 1. The molecule has 1 aromatic heterocycles. The summed E-state index contributed by atoms with van der Waals surface area (Å²) in [5.74, 6) is 0.543. The Labute approximate surface area is 116 Å². The van der Waals surface area contributed by atoms with E-state index in [4.69, 9.17) is 9.15 Å². The molecule has 2 atom stereocenters. The molecule has 0 saturated carbocycles. The number of aliphatic hydroxyl groups is 1. The minimum atomic E-state index is -0.259. The molecule has 0 spiro atoms. The van der Waals surface area contributed by atoms with Crippen molar-refractivity contribution in [2.75, 3.05) is 19.8 Å². The van der Waals surface area contributed by atoms with E-state index >= 15 is 0 Å². The van der Waals surface area contributed by atoms with Gasteiger partial charge in [-0.15, -0.1) is 0 Å². The summed E-state index contributed by atoms with van der Waals surface area (Å²) in [6, 6.07) is 6.65. The van der Waals surface area contributed by atoms with Crippen molar-refractivity contribution >= 4 is 11.0 Å². The third-order valence-electron chi connectivity index (χ3n) is 3.73. The minimum absolute atomic E-state index is 0.0224. The van der Waals surface area contributed by atoms with Gasteiger partial charge in [-0.25, -0.2) is 4.39 Å². The lowest BCUT2D eigenvalue weighted by atomic mass is 10.2. The Morgan fingerprint density at radius 1 is 1.40 bits per heavy atom. The van der Waals surface area contributed by atoms with Crippen LogP contribution in [0.25, 0.3) is 11.0 Å². The summed E-state index contributed by atoms with van der Waals surface area (Å²) in [7, 11) is 0. The lowest BCUT2D eigenvalue weighted by Crippen LogP contribution is -2.48. The van der Waals surface area contributed by atoms with Gasteiger partial charge in [0.1, 0.15) is 17.2 Å². The Bertz CT molecular complexity index is 598. The van der Waals surface area contributed by atoms with E-state index in [0.717, 1.165) is 11.1 Å². The van der Waals surface area contributed by atoms with E-state index in [9.17, 15) is 9.50 Å². The van der Waals surface area contributed by atoms with Crippen molar-refractivity contribution in [1.29, 1.82) is 0 Å². The number of rotatable bonds is 3. The van der Waals surface area contributed by atoms with Crippen molar-refractivity contribution in [3.05, 3.63) is 35.8 Å². The molecule has 0 aliphatic carbocycles. The molecular weight excluding hydrogens is 261 g/mol. The molecule has 2 heterocycles. The average Bonchev–Trinajstić information content (AvgIpc) is 2.82. The second kappa shape index (κ2) is 5.52. The highest BCUT2D eigenvalue weighted by atomic mass is 19.1. The van der Waals surface area contributed by atoms with E-state index in [1.54, 1.807) is 6.07 Å². The largest absolute Gasteiger partial charge is 0.460 e. The zero-order chi connectivity index (χ0) is 14.1. The van der Waals surface area contributed by atoms with Gasteiger partial charge in [-0.1, -0.05) is 0 Å². The van der Waals surface area contributed by atoms with Crippen LogP contribution in [0.4, 0.5) is 4.39 Å². The molecule has 0 radical (unpaired) electrons. The van der Waals surface area contributed by atoms with Crippen LogP contribution < -0.4 is 0 Å². The Morgan fingerprint density at radius 3 is 3.05 bits per heavy atom. The molecule has 1 fully saturated rings. The molecule has 1 N–H and O–H groups in total. The van der Waals surface area contributed by atoms with Gasteiger partial charge < -0.3 is 14.3 Å². The monoisotopic (exact) mass is 279 g/mol. The second-order valence-corrected chi connectivity index (χ2v) is 5.31. The number of fused-ring (bicyclic) bond motifs is 1. The summed E-state index contributed by atoms with van der Waals surface area (Å²) in [6.07, 6.45) is -0.145. The first kappa shape index (κ1) is 13.5. The molecule has 1 aromatic carbocycles. The van der Waals surface area contributed by atoms with Gasteiger partial charge in [0.15, 0.2) is 0 Å². The fourth-order valence-electron chi connectivity index (χ4n) is 2.55. The lowest BCUT2D eigenvalue weighted by molar-refractivity contribution is -0.0819. The van der Waals surface area contributed by atoms with Crippen LogP contribution in [0.15, 0.2) is 28.7 Å². The van der Waals surface area contributed by atoms with E-state index in [1.807, 2.05) is 6.07 Å². The Kier molecular flexibility index (Phi) is 3.74. The number of benzene rings is 1. The number of aliphatic hydroxyl groups excluding tert-OH is 1. The number of morpholine rings is 1. The summed E-state index contributed by atoms with van der Waals surface area (Å²) in [4.78, 5) is 2.21. The van der Waals surface area contributed by atoms with Crippen LogP contribution in [0.5, 0.6) is 0 Å². The van der Waals surface area contributed by atoms with Crippen LogP contribution in [0.2, 0.25) is 0 Å². The highest BCUT2D eigenvalue weighted by molar-refractivity contribution is 5.77.